The minimum atomic E-state index is -1.20. The lowest BCUT2D eigenvalue weighted by molar-refractivity contribution is -0.143. The average molecular weight is 540 g/mol. The van der Waals surface area contributed by atoms with E-state index < -0.39 is 24.0 Å². The molecule has 9 nitrogen and oxygen atoms in total. The van der Waals surface area contributed by atoms with Crippen molar-refractivity contribution in [2.24, 2.45) is 0 Å². The van der Waals surface area contributed by atoms with E-state index in [1.165, 1.54) is 15.5 Å². The Morgan fingerprint density at radius 1 is 0.900 bits per heavy atom. The molecule has 5 rings (SSSR count). The van der Waals surface area contributed by atoms with Crippen LogP contribution in [0.15, 0.2) is 91.0 Å². The normalized spacial score (nSPS) is 15.7. The van der Waals surface area contributed by atoms with Crippen LogP contribution in [0.2, 0.25) is 0 Å². The first-order chi connectivity index (χ1) is 19.3. The van der Waals surface area contributed by atoms with E-state index in [1.54, 1.807) is 24.3 Å². The van der Waals surface area contributed by atoms with Crippen LogP contribution in [0.4, 0.5) is 0 Å². The second-order valence-corrected chi connectivity index (χ2v) is 9.77. The molecule has 1 fully saturated rings. The molecule has 0 saturated carbocycles. The van der Waals surface area contributed by atoms with Crippen LogP contribution in [-0.4, -0.2) is 54.7 Å². The van der Waals surface area contributed by atoms with E-state index >= 15 is 0 Å². The Morgan fingerprint density at radius 3 is 2.20 bits per heavy atom. The van der Waals surface area contributed by atoms with Gasteiger partial charge in [0.1, 0.15) is 12.1 Å². The van der Waals surface area contributed by atoms with Gasteiger partial charge in [0.05, 0.1) is 5.69 Å². The zero-order valence-electron chi connectivity index (χ0n) is 21.6. The van der Waals surface area contributed by atoms with Crippen molar-refractivity contribution >= 4 is 17.8 Å². The number of aromatic hydroxyl groups is 2. The minimum Gasteiger partial charge on any atom is -0.494 e. The molecule has 1 saturated heterocycles. The van der Waals surface area contributed by atoms with Gasteiger partial charge in [-0.2, -0.15) is 0 Å². The summed E-state index contributed by atoms with van der Waals surface area (Å²) in [6, 6.07) is 24.7. The van der Waals surface area contributed by atoms with Crippen molar-refractivity contribution in [1.82, 2.24) is 14.8 Å². The van der Waals surface area contributed by atoms with Crippen LogP contribution in [0, 0.1) is 0 Å². The number of amides is 2. The second kappa shape index (κ2) is 11.4. The predicted molar refractivity (Wildman–Crippen MR) is 148 cm³/mol. The van der Waals surface area contributed by atoms with E-state index in [-0.39, 0.29) is 37.1 Å². The van der Waals surface area contributed by atoms with Crippen LogP contribution in [0.1, 0.15) is 24.0 Å². The molecular formula is C31H29N3O6. The van der Waals surface area contributed by atoms with Gasteiger partial charge >= 0.3 is 5.97 Å². The summed E-state index contributed by atoms with van der Waals surface area (Å²) in [4.78, 5) is 39.1. The van der Waals surface area contributed by atoms with Gasteiger partial charge in [0.25, 0.3) is 0 Å². The summed E-state index contributed by atoms with van der Waals surface area (Å²) in [6.45, 7) is 0.280. The van der Waals surface area contributed by atoms with E-state index in [0.717, 1.165) is 11.1 Å². The number of carbonyl (C=O) groups excluding carboxylic acids is 2. The van der Waals surface area contributed by atoms with Gasteiger partial charge in [0.2, 0.25) is 17.7 Å². The van der Waals surface area contributed by atoms with Gasteiger partial charge in [-0.15, -0.1) is 0 Å². The van der Waals surface area contributed by atoms with Crippen LogP contribution in [0.25, 0.3) is 16.8 Å². The summed E-state index contributed by atoms with van der Waals surface area (Å²) in [7, 11) is 0. The number of aromatic nitrogens is 1. The highest BCUT2D eigenvalue weighted by Crippen LogP contribution is 2.38. The number of hydrogen-bond donors (Lipinski definition) is 4. The van der Waals surface area contributed by atoms with Crippen LogP contribution in [-0.2, 0) is 27.3 Å². The third-order valence-electron chi connectivity index (χ3n) is 7.12. The van der Waals surface area contributed by atoms with Gasteiger partial charge in [0, 0.05) is 31.0 Å². The molecule has 4 N–H and O–H groups in total. The smallest absolute Gasteiger partial charge is 0.326 e. The molecule has 3 aromatic carbocycles. The Morgan fingerprint density at radius 2 is 1.55 bits per heavy atom. The van der Waals surface area contributed by atoms with Crippen molar-refractivity contribution in [1.29, 1.82) is 0 Å². The number of rotatable bonds is 9. The lowest BCUT2D eigenvalue weighted by Crippen LogP contribution is -2.50. The Kier molecular flexibility index (Phi) is 7.54. The van der Waals surface area contributed by atoms with Gasteiger partial charge in [0.15, 0.2) is 5.88 Å². The molecule has 0 spiro atoms. The molecule has 1 aromatic heterocycles. The summed E-state index contributed by atoms with van der Waals surface area (Å²) in [6.07, 6.45) is 0.572. The van der Waals surface area contributed by atoms with Gasteiger partial charge < -0.3 is 25.5 Å². The average Bonchev–Trinajstić information content (AvgIpc) is 3.47. The van der Waals surface area contributed by atoms with E-state index in [0.29, 0.717) is 23.2 Å². The Labute approximate surface area is 230 Å². The van der Waals surface area contributed by atoms with E-state index in [9.17, 15) is 29.7 Å². The summed E-state index contributed by atoms with van der Waals surface area (Å²) < 4.78 is 1.29. The summed E-state index contributed by atoms with van der Waals surface area (Å²) in [5.41, 5.74) is 3.23. The fourth-order valence-corrected chi connectivity index (χ4v) is 5.04. The predicted octanol–water partition coefficient (Wildman–Crippen LogP) is 3.86. The molecule has 1 aliphatic rings. The summed E-state index contributed by atoms with van der Waals surface area (Å²) in [5, 5.41) is 33.7. The number of aliphatic carboxylic acids is 1. The number of hydrogen-bond acceptors (Lipinski definition) is 5. The zero-order valence-corrected chi connectivity index (χ0v) is 21.6. The highest BCUT2D eigenvalue weighted by atomic mass is 16.4. The molecule has 0 aliphatic carbocycles. The fourth-order valence-electron chi connectivity index (χ4n) is 5.04. The van der Waals surface area contributed by atoms with Crippen molar-refractivity contribution in [3.63, 3.8) is 0 Å². The monoisotopic (exact) mass is 539 g/mol. The fraction of sp³-hybridized carbons (Fsp3) is 0.194. The van der Waals surface area contributed by atoms with Crippen molar-refractivity contribution < 1.29 is 29.7 Å². The third kappa shape index (κ3) is 5.54. The van der Waals surface area contributed by atoms with Crippen molar-refractivity contribution in [3.05, 3.63) is 102 Å². The highest BCUT2D eigenvalue weighted by Gasteiger charge is 2.37. The van der Waals surface area contributed by atoms with E-state index in [4.69, 9.17) is 0 Å². The first-order valence-corrected chi connectivity index (χ1v) is 13.0. The number of nitrogens with one attached hydrogen (secondary N) is 1. The zero-order chi connectivity index (χ0) is 28.2. The molecule has 40 heavy (non-hydrogen) atoms. The van der Waals surface area contributed by atoms with Crippen LogP contribution < -0.4 is 5.32 Å². The number of carboxylic acids is 1. The largest absolute Gasteiger partial charge is 0.494 e. The maximum atomic E-state index is 13.1. The Hall–Kier alpha value is -5.05. The molecule has 204 valence electrons. The van der Waals surface area contributed by atoms with E-state index in [2.05, 4.69) is 5.32 Å². The van der Waals surface area contributed by atoms with Gasteiger partial charge in [-0.25, -0.2) is 4.79 Å². The molecule has 0 bridgehead atoms. The van der Waals surface area contributed by atoms with E-state index in [1.807, 2.05) is 60.7 Å². The van der Waals surface area contributed by atoms with Crippen molar-refractivity contribution in [2.45, 2.75) is 37.9 Å². The van der Waals surface area contributed by atoms with Crippen LogP contribution in [0.5, 0.6) is 11.8 Å². The summed E-state index contributed by atoms with van der Waals surface area (Å²) in [5.74, 6) is -2.10. The maximum absolute atomic E-state index is 13.1. The molecular weight excluding hydrogens is 510 g/mol. The molecule has 2 amide bonds. The Bertz CT molecular complexity index is 1520. The van der Waals surface area contributed by atoms with Crippen LogP contribution >= 0.6 is 0 Å². The van der Waals surface area contributed by atoms with Crippen LogP contribution in [0.3, 0.4) is 0 Å². The number of carbonyl (C=O) groups is 3. The van der Waals surface area contributed by atoms with Gasteiger partial charge in [-0.1, -0.05) is 72.8 Å². The number of nitrogens with zero attached hydrogens (tertiary/aromatic N) is 2. The van der Waals surface area contributed by atoms with Crippen molar-refractivity contribution in [2.75, 3.05) is 0 Å². The van der Waals surface area contributed by atoms with Crippen molar-refractivity contribution in [3.8, 4) is 28.6 Å². The minimum absolute atomic E-state index is 0.0135. The topological polar surface area (TPSA) is 132 Å². The molecule has 9 heteroatoms. The highest BCUT2D eigenvalue weighted by molar-refractivity contribution is 5.93. The first kappa shape index (κ1) is 26.6. The molecule has 0 radical (unpaired) electrons. The molecule has 1 aliphatic heterocycles. The molecule has 2 atom stereocenters. The molecule has 0 unspecified atom stereocenters. The number of carboxylic acid groups (broad SMARTS) is 1. The molecule has 2 heterocycles. The second-order valence-electron chi connectivity index (χ2n) is 9.77. The lowest BCUT2D eigenvalue weighted by Gasteiger charge is -2.26. The summed E-state index contributed by atoms with van der Waals surface area (Å²) >= 11 is 0. The molecule has 4 aromatic rings. The quantitative estimate of drug-likeness (QED) is 0.255. The van der Waals surface area contributed by atoms with Gasteiger partial charge in [-0.05, 0) is 35.2 Å². The maximum Gasteiger partial charge on any atom is 0.326 e. The van der Waals surface area contributed by atoms with Gasteiger partial charge in [-0.3, -0.25) is 14.2 Å². The third-order valence-corrected chi connectivity index (χ3v) is 7.12. The number of likely N-dealkylation sites (tertiary alicyclic amines) is 1. The lowest BCUT2D eigenvalue weighted by atomic mass is 10.0. The SMILES string of the molecule is O=C(O)[C@H](Cc1ccc(-n2c(O)cc(-c3ccccc3)c2O)cc1)NC(=O)[C@@H]1CCC(=O)N1Cc1ccccc1. The Balaban J connectivity index is 1.28. The number of benzene rings is 3. The first-order valence-electron chi connectivity index (χ1n) is 13.0. The standard InChI is InChI=1S/C31H29N3O6/c35-27-16-15-26(33(27)19-21-7-3-1-4-8-21)29(37)32-25(31(39)40)17-20-11-13-23(14-12-20)34-28(36)18-24(30(34)38)22-9-5-2-6-10-22/h1-14,18,25-26,36,38H,15-17,19H2,(H,32,37)(H,39,40)/t25-,26-/m0/s1.